The molecule has 2 heterocycles. The van der Waals surface area contributed by atoms with Crippen molar-refractivity contribution in [1.29, 1.82) is 0 Å². The van der Waals surface area contributed by atoms with E-state index in [2.05, 4.69) is 5.32 Å². The van der Waals surface area contributed by atoms with Gasteiger partial charge in [-0.1, -0.05) is 18.2 Å². The summed E-state index contributed by atoms with van der Waals surface area (Å²) >= 11 is 0. The number of rotatable bonds is 5. The number of carbonyl (C=O) groups excluding carboxylic acids is 2. The maximum absolute atomic E-state index is 12.5. The third-order valence-electron chi connectivity index (χ3n) is 4.98. The lowest BCUT2D eigenvalue weighted by atomic mass is 10.0. The fourth-order valence-electron chi connectivity index (χ4n) is 3.36. The molecular formula is C23H22N2O4. The standard InChI is InChI=1S/C23H22N2O4/c26-22(17-6-8-21(9-7-17)29-20-4-2-1-3-5-20)24-19-10-13-25(14-11-19)23(27)18-12-15-28-16-18/h1-9,12,15-16,19H,10-11,13-14H2,(H,24,26). The predicted octanol–water partition coefficient (Wildman–Crippen LogP) is 4.11. The molecule has 6 nitrogen and oxygen atoms in total. The highest BCUT2D eigenvalue weighted by atomic mass is 16.5. The van der Waals surface area contributed by atoms with Crippen molar-refractivity contribution in [1.82, 2.24) is 10.2 Å². The summed E-state index contributed by atoms with van der Waals surface area (Å²) in [5.41, 5.74) is 1.15. The molecule has 0 atom stereocenters. The lowest BCUT2D eigenvalue weighted by molar-refractivity contribution is 0.0697. The molecule has 0 bridgehead atoms. The van der Waals surface area contributed by atoms with Gasteiger partial charge in [0, 0.05) is 24.7 Å². The van der Waals surface area contributed by atoms with Gasteiger partial charge in [0.05, 0.1) is 11.8 Å². The second kappa shape index (κ2) is 8.65. The van der Waals surface area contributed by atoms with Gasteiger partial charge in [0.2, 0.25) is 0 Å². The van der Waals surface area contributed by atoms with E-state index in [4.69, 9.17) is 9.15 Å². The highest BCUT2D eigenvalue weighted by molar-refractivity contribution is 5.95. The Morgan fingerprint density at radius 3 is 2.24 bits per heavy atom. The Labute approximate surface area is 169 Å². The first-order valence-electron chi connectivity index (χ1n) is 9.64. The number of nitrogens with one attached hydrogen (secondary N) is 1. The van der Waals surface area contributed by atoms with Crippen molar-refractivity contribution in [2.24, 2.45) is 0 Å². The molecule has 4 rings (SSSR count). The van der Waals surface area contributed by atoms with Crippen molar-refractivity contribution < 1.29 is 18.7 Å². The van der Waals surface area contributed by atoms with Gasteiger partial charge in [-0.3, -0.25) is 9.59 Å². The van der Waals surface area contributed by atoms with E-state index in [9.17, 15) is 9.59 Å². The molecule has 1 saturated heterocycles. The van der Waals surface area contributed by atoms with Gasteiger partial charge in [0.15, 0.2) is 0 Å². The molecule has 148 valence electrons. The SMILES string of the molecule is O=C(NC1CCN(C(=O)c2ccoc2)CC1)c1ccc(Oc2ccccc2)cc1. The van der Waals surface area contributed by atoms with Crippen molar-refractivity contribution in [3.63, 3.8) is 0 Å². The van der Waals surface area contributed by atoms with E-state index in [1.54, 1.807) is 35.2 Å². The Bertz CT molecular complexity index is 944. The summed E-state index contributed by atoms with van der Waals surface area (Å²) in [6.07, 6.45) is 4.41. The van der Waals surface area contributed by atoms with Gasteiger partial charge in [-0.15, -0.1) is 0 Å². The minimum Gasteiger partial charge on any atom is -0.472 e. The van der Waals surface area contributed by atoms with E-state index in [1.165, 1.54) is 12.5 Å². The fourth-order valence-corrected chi connectivity index (χ4v) is 3.36. The molecule has 1 aliphatic heterocycles. The first-order valence-corrected chi connectivity index (χ1v) is 9.64. The number of ether oxygens (including phenoxy) is 1. The van der Waals surface area contributed by atoms with E-state index in [0.29, 0.717) is 30.0 Å². The van der Waals surface area contributed by atoms with E-state index in [0.717, 1.165) is 18.6 Å². The molecule has 1 aromatic heterocycles. The second-order valence-electron chi connectivity index (χ2n) is 6.99. The van der Waals surface area contributed by atoms with Crippen molar-refractivity contribution in [3.05, 3.63) is 84.3 Å². The Kier molecular flexibility index (Phi) is 5.61. The van der Waals surface area contributed by atoms with Crippen molar-refractivity contribution >= 4 is 11.8 Å². The third-order valence-corrected chi connectivity index (χ3v) is 4.98. The first kappa shape index (κ1) is 18.8. The molecule has 29 heavy (non-hydrogen) atoms. The zero-order chi connectivity index (χ0) is 20.1. The topological polar surface area (TPSA) is 71.8 Å². The Morgan fingerprint density at radius 2 is 1.59 bits per heavy atom. The normalized spacial score (nSPS) is 14.4. The van der Waals surface area contributed by atoms with Crippen LogP contribution in [0.2, 0.25) is 0 Å². The molecule has 0 aliphatic carbocycles. The minimum atomic E-state index is -0.115. The number of carbonyl (C=O) groups is 2. The largest absolute Gasteiger partial charge is 0.472 e. The molecule has 0 saturated carbocycles. The van der Waals surface area contributed by atoms with E-state index in [1.807, 2.05) is 30.3 Å². The van der Waals surface area contributed by atoms with Gasteiger partial charge in [-0.2, -0.15) is 0 Å². The van der Waals surface area contributed by atoms with E-state index in [-0.39, 0.29) is 17.9 Å². The van der Waals surface area contributed by atoms with Crippen LogP contribution in [0.15, 0.2) is 77.6 Å². The second-order valence-corrected chi connectivity index (χ2v) is 6.99. The summed E-state index contributed by atoms with van der Waals surface area (Å²) < 4.78 is 10.7. The number of amides is 2. The van der Waals surface area contributed by atoms with Crippen LogP contribution in [0, 0.1) is 0 Å². The number of para-hydroxylation sites is 1. The molecular weight excluding hydrogens is 368 g/mol. The fraction of sp³-hybridized carbons (Fsp3) is 0.217. The molecule has 0 radical (unpaired) electrons. The van der Waals surface area contributed by atoms with Crippen LogP contribution in [0.5, 0.6) is 11.5 Å². The molecule has 2 amide bonds. The Balaban J connectivity index is 1.28. The molecule has 1 N–H and O–H groups in total. The van der Waals surface area contributed by atoms with Crippen molar-refractivity contribution in [2.75, 3.05) is 13.1 Å². The van der Waals surface area contributed by atoms with Gasteiger partial charge in [-0.25, -0.2) is 0 Å². The highest BCUT2D eigenvalue weighted by Gasteiger charge is 2.25. The van der Waals surface area contributed by atoms with E-state index < -0.39 is 0 Å². The highest BCUT2D eigenvalue weighted by Crippen LogP contribution is 2.21. The zero-order valence-electron chi connectivity index (χ0n) is 15.9. The monoisotopic (exact) mass is 390 g/mol. The van der Waals surface area contributed by atoms with Crippen LogP contribution in [-0.4, -0.2) is 35.8 Å². The number of furan rings is 1. The average Bonchev–Trinajstić information content (AvgIpc) is 3.30. The molecule has 0 spiro atoms. The van der Waals surface area contributed by atoms with Gasteiger partial charge in [-0.05, 0) is 55.3 Å². The smallest absolute Gasteiger partial charge is 0.257 e. The van der Waals surface area contributed by atoms with Gasteiger partial charge in [0.25, 0.3) is 11.8 Å². The summed E-state index contributed by atoms with van der Waals surface area (Å²) in [6.45, 7) is 1.22. The van der Waals surface area contributed by atoms with Gasteiger partial charge >= 0.3 is 0 Å². The van der Waals surface area contributed by atoms with Crippen molar-refractivity contribution in [3.8, 4) is 11.5 Å². The lowest BCUT2D eigenvalue weighted by Gasteiger charge is -2.32. The average molecular weight is 390 g/mol. The third kappa shape index (κ3) is 4.66. The quantitative estimate of drug-likeness (QED) is 0.712. The molecule has 2 aromatic carbocycles. The zero-order valence-corrected chi connectivity index (χ0v) is 15.9. The number of hydrogen-bond acceptors (Lipinski definition) is 4. The molecule has 6 heteroatoms. The number of nitrogens with zero attached hydrogens (tertiary/aromatic N) is 1. The molecule has 0 unspecified atom stereocenters. The summed E-state index contributed by atoms with van der Waals surface area (Å²) in [7, 11) is 0. The number of benzene rings is 2. The van der Waals surface area contributed by atoms with E-state index >= 15 is 0 Å². The maximum Gasteiger partial charge on any atom is 0.257 e. The van der Waals surface area contributed by atoms with Crippen LogP contribution in [0.25, 0.3) is 0 Å². The summed E-state index contributed by atoms with van der Waals surface area (Å²) in [5, 5.41) is 3.06. The summed E-state index contributed by atoms with van der Waals surface area (Å²) in [6, 6.07) is 18.3. The van der Waals surface area contributed by atoms with Crippen LogP contribution in [0.1, 0.15) is 33.6 Å². The number of hydrogen-bond donors (Lipinski definition) is 1. The number of piperidine rings is 1. The molecule has 1 fully saturated rings. The van der Waals surface area contributed by atoms with Crippen molar-refractivity contribution in [2.45, 2.75) is 18.9 Å². The van der Waals surface area contributed by atoms with Crippen LogP contribution in [0.3, 0.4) is 0 Å². The van der Waals surface area contributed by atoms with Crippen LogP contribution in [-0.2, 0) is 0 Å². The first-order chi connectivity index (χ1) is 14.2. The van der Waals surface area contributed by atoms with Gasteiger partial charge < -0.3 is 19.4 Å². The number of likely N-dealkylation sites (tertiary alicyclic amines) is 1. The predicted molar refractivity (Wildman–Crippen MR) is 108 cm³/mol. The Hall–Kier alpha value is -3.54. The minimum absolute atomic E-state index is 0.0301. The van der Waals surface area contributed by atoms with Crippen LogP contribution >= 0.6 is 0 Å². The summed E-state index contributed by atoms with van der Waals surface area (Å²) in [4.78, 5) is 26.7. The summed E-state index contributed by atoms with van der Waals surface area (Å²) in [5.74, 6) is 1.29. The Morgan fingerprint density at radius 1 is 0.897 bits per heavy atom. The molecule has 1 aliphatic rings. The molecule has 3 aromatic rings. The maximum atomic E-state index is 12.5. The van der Waals surface area contributed by atoms with Crippen LogP contribution < -0.4 is 10.1 Å². The van der Waals surface area contributed by atoms with Gasteiger partial charge in [0.1, 0.15) is 17.8 Å². The van der Waals surface area contributed by atoms with Crippen LogP contribution in [0.4, 0.5) is 0 Å². The lowest BCUT2D eigenvalue weighted by Crippen LogP contribution is -2.46.